The van der Waals surface area contributed by atoms with Crippen molar-refractivity contribution in [2.24, 2.45) is 5.92 Å². The second-order valence-electron chi connectivity index (χ2n) is 11.4. The Labute approximate surface area is 228 Å². The van der Waals surface area contributed by atoms with Gasteiger partial charge in [0.25, 0.3) is 5.91 Å². The number of hydrogen-bond donors (Lipinski definition) is 2. The van der Waals surface area contributed by atoms with Crippen molar-refractivity contribution in [2.75, 3.05) is 20.1 Å². The Morgan fingerprint density at radius 3 is 2.59 bits per heavy atom. The van der Waals surface area contributed by atoms with Crippen molar-refractivity contribution in [3.8, 4) is 22.9 Å². The molecule has 1 spiro atoms. The molecule has 4 aliphatic rings. The Kier molecular flexibility index (Phi) is 5.62. The van der Waals surface area contributed by atoms with Crippen LogP contribution in [0.15, 0.2) is 72.8 Å². The second kappa shape index (κ2) is 9.08. The molecule has 196 valence electrons. The van der Waals surface area contributed by atoms with E-state index in [9.17, 15) is 9.90 Å². The fraction of sp³-hybridized carbons (Fsp3) is 0.333. The lowest BCUT2D eigenvalue weighted by Gasteiger charge is -2.56. The Hall–Kier alpha value is -3.92. The van der Waals surface area contributed by atoms with E-state index < -0.39 is 6.10 Å². The van der Waals surface area contributed by atoms with E-state index in [1.54, 1.807) is 0 Å². The molecule has 0 saturated carbocycles. The van der Waals surface area contributed by atoms with Crippen LogP contribution in [0.4, 0.5) is 0 Å². The summed E-state index contributed by atoms with van der Waals surface area (Å²) in [5, 5.41) is 23.0. The van der Waals surface area contributed by atoms with Gasteiger partial charge in [-0.3, -0.25) is 4.79 Å². The quantitative estimate of drug-likeness (QED) is 0.500. The number of piperidine rings is 1. The summed E-state index contributed by atoms with van der Waals surface area (Å²) in [7, 11) is 2.19. The van der Waals surface area contributed by atoms with E-state index in [-0.39, 0.29) is 23.3 Å². The van der Waals surface area contributed by atoms with E-state index in [4.69, 9.17) is 10.00 Å². The van der Waals surface area contributed by atoms with E-state index in [0.717, 1.165) is 41.6 Å². The normalized spacial score (nSPS) is 27.8. The van der Waals surface area contributed by atoms with Crippen LogP contribution in [0, 0.1) is 17.2 Å². The summed E-state index contributed by atoms with van der Waals surface area (Å²) in [4.78, 5) is 15.8. The third-order valence-corrected chi connectivity index (χ3v) is 9.42. The maximum absolute atomic E-state index is 13.4. The van der Waals surface area contributed by atoms with Crippen LogP contribution in [0.25, 0.3) is 11.1 Å². The molecular weight excluding hydrogens is 486 g/mol. The minimum Gasteiger partial charge on any atom is -0.485 e. The summed E-state index contributed by atoms with van der Waals surface area (Å²) in [5.74, 6) is 0.826. The lowest BCUT2D eigenvalue weighted by Crippen LogP contribution is -2.64. The Balaban J connectivity index is 1.08. The van der Waals surface area contributed by atoms with Crippen LogP contribution < -0.4 is 10.1 Å². The summed E-state index contributed by atoms with van der Waals surface area (Å²) >= 11 is 0. The largest absolute Gasteiger partial charge is 0.485 e. The first-order chi connectivity index (χ1) is 19.0. The van der Waals surface area contributed by atoms with Gasteiger partial charge < -0.3 is 20.1 Å². The highest BCUT2D eigenvalue weighted by atomic mass is 16.5. The number of rotatable bonds is 5. The maximum atomic E-state index is 13.4. The van der Waals surface area contributed by atoms with Gasteiger partial charge in [0.2, 0.25) is 0 Å². The van der Waals surface area contributed by atoms with Gasteiger partial charge in [0, 0.05) is 29.5 Å². The third-order valence-electron chi connectivity index (χ3n) is 9.42. The van der Waals surface area contributed by atoms with Crippen LogP contribution in [0.3, 0.4) is 0 Å². The first-order valence-corrected chi connectivity index (χ1v) is 13.8. The molecule has 2 N–H and O–H groups in total. The fourth-order valence-corrected chi connectivity index (χ4v) is 7.45. The van der Waals surface area contributed by atoms with Crippen LogP contribution in [0.5, 0.6) is 5.75 Å². The number of amides is 1. The Bertz CT molecular complexity index is 1520. The van der Waals surface area contributed by atoms with Gasteiger partial charge in [0.1, 0.15) is 18.0 Å². The molecule has 0 aromatic heterocycles. The van der Waals surface area contributed by atoms with Gasteiger partial charge in [0.05, 0.1) is 17.2 Å². The van der Waals surface area contributed by atoms with Crippen LogP contribution >= 0.6 is 0 Å². The number of carbonyl (C=O) groups is 1. The van der Waals surface area contributed by atoms with Crippen molar-refractivity contribution in [1.82, 2.24) is 10.2 Å². The van der Waals surface area contributed by atoms with Gasteiger partial charge in [-0.15, -0.1) is 0 Å². The van der Waals surface area contributed by atoms with Crippen molar-refractivity contribution in [3.63, 3.8) is 0 Å². The first kappa shape index (κ1) is 24.1. The van der Waals surface area contributed by atoms with Gasteiger partial charge in [-0.05, 0) is 73.3 Å². The molecule has 39 heavy (non-hydrogen) atoms. The number of likely N-dealkylation sites (tertiary alicyclic amines) is 1. The van der Waals surface area contributed by atoms with E-state index in [0.29, 0.717) is 35.9 Å². The summed E-state index contributed by atoms with van der Waals surface area (Å²) < 4.78 is 6.51. The van der Waals surface area contributed by atoms with Gasteiger partial charge in [-0.25, -0.2) is 0 Å². The topological polar surface area (TPSA) is 85.6 Å². The van der Waals surface area contributed by atoms with E-state index in [2.05, 4.69) is 59.7 Å². The molecule has 6 heteroatoms. The number of aliphatic hydroxyl groups is 1. The van der Waals surface area contributed by atoms with E-state index >= 15 is 0 Å². The molecule has 1 fully saturated rings. The Morgan fingerprint density at radius 1 is 1.10 bits per heavy atom. The summed E-state index contributed by atoms with van der Waals surface area (Å²) in [6.07, 6.45) is 5.63. The minimum atomic E-state index is -0.674. The molecule has 3 aromatic carbocycles. The van der Waals surface area contributed by atoms with Crippen LogP contribution in [-0.2, 0) is 18.3 Å². The molecule has 2 aliphatic heterocycles. The monoisotopic (exact) mass is 517 g/mol. The number of carbonyl (C=O) groups excluding carboxylic acids is 1. The SMILES string of the molecule is CN1CC[C@]23c4c5ccc(C(=O)NCCc6ccc(-c7ccc(C#N)cc7)cc6)c4OC2[C@@H](O)C=C[C@H]3[C@H]1C5. The van der Waals surface area contributed by atoms with Crippen molar-refractivity contribution in [2.45, 2.75) is 42.9 Å². The third kappa shape index (κ3) is 3.65. The summed E-state index contributed by atoms with van der Waals surface area (Å²) in [5.41, 5.74) is 6.66. The predicted octanol–water partition coefficient (Wildman–Crippen LogP) is 4.00. The molecule has 5 atom stereocenters. The van der Waals surface area contributed by atoms with Crippen molar-refractivity contribution in [3.05, 3.63) is 101 Å². The highest BCUT2D eigenvalue weighted by Gasteiger charge is 2.64. The van der Waals surface area contributed by atoms with Crippen LogP contribution in [-0.4, -0.2) is 54.3 Å². The molecule has 2 aliphatic carbocycles. The number of ether oxygens (including phenoxy) is 1. The number of nitrogens with zero attached hydrogens (tertiary/aromatic N) is 2. The fourth-order valence-electron chi connectivity index (χ4n) is 7.45. The molecule has 1 amide bonds. The maximum Gasteiger partial charge on any atom is 0.255 e. The summed E-state index contributed by atoms with van der Waals surface area (Å²) in [6, 6.07) is 22.4. The van der Waals surface area contributed by atoms with Crippen molar-refractivity contribution in [1.29, 1.82) is 5.26 Å². The lowest BCUT2D eigenvalue weighted by molar-refractivity contribution is -0.0451. The molecular formula is C33H31N3O3. The first-order valence-electron chi connectivity index (χ1n) is 13.8. The number of nitriles is 1. The van der Waals surface area contributed by atoms with Gasteiger partial charge in [-0.2, -0.15) is 5.26 Å². The van der Waals surface area contributed by atoms with Gasteiger partial charge >= 0.3 is 0 Å². The minimum absolute atomic E-state index is 0.133. The lowest BCUT2D eigenvalue weighted by atomic mass is 9.53. The zero-order chi connectivity index (χ0) is 26.7. The zero-order valence-electron chi connectivity index (χ0n) is 21.9. The molecule has 1 unspecified atom stereocenters. The molecule has 7 rings (SSSR count). The highest BCUT2D eigenvalue weighted by Crippen LogP contribution is 2.61. The number of hydrogen-bond acceptors (Lipinski definition) is 5. The van der Waals surface area contributed by atoms with E-state index in [1.807, 2.05) is 36.4 Å². The van der Waals surface area contributed by atoms with Crippen molar-refractivity contribution >= 4 is 5.91 Å². The van der Waals surface area contributed by atoms with Gasteiger partial charge in [-0.1, -0.05) is 54.6 Å². The van der Waals surface area contributed by atoms with Gasteiger partial charge in [0.15, 0.2) is 0 Å². The summed E-state index contributed by atoms with van der Waals surface area (Å²) in [6.45, 7) is 1.47. The number of nitrogens with one attached hydrogen (secondary N) is 1. The van der Waals surface area contributed by atoms with Crippen molar-refractivity contribution < 1.29 is 14.6 Å². The van der Waals surface area contributed by atoms with E-state index in [1.165, 1.54) is 5.56 Å². The Morgan fingerprint density at radius 2 is 1.85 bits per heavy atom. The number of aliphatic hydroxyl groups excluding tert-OH is 1. The van der Waals surface area contributed by atoms with Crippen LogP contribution in [0.1, 0.15) is 39.0 Å². The molecule has 0 radical (unpaired) electrons. The van der Waals surface area contributed by atoms with Crippen LogP contribution in [0.2, 0.25) is 0 Å². The smallest absolute Gasteiger partial charge is 0.255 e. The molecule has 3 aromatic rings. The molecule has 1 saturated heterocycles. The average Bonchev–Trinajstić information content (AvgIpc) is 3.32. The highest BCUT2D eigenvalue weighted by molar-refractivity contribution is 5.98. The average molecular weight is 518 g/mol. The molecule has 6 nitrogen and oxygen atoms in total. The number of benzene rings is 3. The number of likely N-dealkylation sites (N-methyl/N-ethyl adjacent to an activating group) is 1. The standard InChI is InChI=1S/C33H31N3O3/c1-36-17-15-33-26-12-13-28(37)31(33)39-30-25(11-10-24(29(30)33)18-27(26)36)32(38)35-16-14-20-2-6-22(7-3-20)23-8-4-21(19-34)5-9-23/h2-13,26-28,31,37H,14-18H2,1H3,(H,35,38)/t26-,27+,28-,31?,33-/m0/s1. The zero-order valence-corrected chi connectivity index (χ0v) is 21.9. The molecule has 2 heterocycles. The molecule has 2 bridgehead atoms. The predicted molar refractivity (Wildman–Crippen MR) is 149 cm³/mol. The second-order valence-corrected chi connectivity index (χ2v) is 11.4.